The van der Waals surface area contributed by atoms with Crippen molar-refractivity contribution in [3.05, 3.63) is 35.6 Å². The lowest BCUT2D eigenvalue weighted by Crippen LogP contribution is -2.09. The molecule has 0 amide bonds. The zero-order chi connectivity index (χ0) is 10.7. The van der Waals surface area contributed by atoms with Crippen LogP contribution in [0.25, 0.3) is 0 Å². The number of alkyl halides is 1. The van der Waals surface area contributed by atoms with Gasteiger partial charge in [-0.2, -0.15) is 0 Å². The molecule has 0 aliphatic heterocycles. The third-order valence-corrected chi connectivity index (χ3v) is 2.48. The van der Waals surface area contributed by atoms with Crippen molar-refractivity contribution in [1.82, 2.24) is 0 Å². The van der Waals surface area contributed by atoms with Crippen molar-refractivity contribution in [1.29, 1.82) is 5.41 Å². The minimum absolute atomic E-state index is 0.0419. The average molecular weight is 232 g/mol. The minimum atomic E-state index is -0.113. The Bertz CT molecular complexity index is 331. The summed E-state index contributed by atoms with van der Waals surface area (Å²) < 4.78 is 5.00. The van der Waals surface area contributed by atoms with Crippen molar-refractivity contribution in [2.24, 2.45) is 0 Å². The van der Waals surface area contributed by atoms with E-state index < -0.39 is 0 Å². The second-order valence-electron chi connectivity index (χ2n) is 2.89. The Hall–Kier alpha value is -0.730. The zero-order valence-corrected chi connectivity index (χ0v) is 9.32. The van der Waals surface area contributed by atoms with Gasteiger partial charge in [0, 0.05) is 11.1 Å². The Kier molecular flexibility index (Phi) is 3.78. The van der Waals surface area contributed by atoms with Crippen LogP contribution in [0.5, 0.6) is 0 Å². The summed E-state index contributed by atoms with van der Waals surface area (Å²) in [5.74, 6) is 0.505. The second-order valence-corrected chi connectivity index (χ2v) is 3.83. The Labute approximate surface area is 93.4 Å². The molecule has 0 aromatic rings. The lowest BCUT2D eigenvalue weighted by Gasteiger charge is -2.18. The molecule has 0 aromatic carbocycles. The zero-order valence-electron chi connectivity index (χ0n) is 7.81. The minimum Gasteiger partial charge on any atom is -0.497 e. The van der Waals surface area contributed by atoms with Crippen molar-refractivity contribution in [3.63, 3.8) is 0 Å². The van der Waals surface area contributed by atoms with E-state index in [0.29, 0.717) is 17.8 Å². The number of rotatable bonds is 3. The van der Waals surface area contributed by atoms with Gasteiger partial charge in [0.15, 0.2) is 0 Å². The van der Waals surface area contributed by atoms with Gasteiger partial charge in [0.25, 0.3) is 0 Å². The topological polar surface area (TPSA) is 33.1 Å². The van der Waals surface area contributed by atoms with Gasteiger partial charge in [0.2, 0.25) is 0 Å². The molecule has 0 bridgehead atoms. The Morgan fingerprint density at radius 1 is 1.64 bits per heavy atom. The van der Waals surface area contributed by atoms with Crippen LogP contribution < -0.4 is 0 Å². The van der Waals surface area contributed by atoms with Crippen molar-refractivity contribution < 1.29 is 4.74 Å². The lowest BCUT2D eigenvalue weighted by atomic mass is 9.97. The van der Waals surface area contributed by atoms with Crippen LogP contribution in [0.15, 0.2) is 35.6 Å². The van der Waals surface area contributed by atoms with Crippen LogP contribution in [-0.2, 0) is 4.74 Å². The summed E-state index contributed by atoms with van der Waals surface area (Å²) in [7, 11) is 1.53. The van der Waals surface area contributed by atoms with Crippen LogP contribution in [0.4, 0.5) is 0 Å². The fourth-order valence-corrected chi connectivity index (χ4v) is 1.62. The van der Waals surface area contributed by atoms with E-state index in [9.17, 15) is 0 Å². The summed E-state index contributed by atoms with van der Waals surface area (Å²) in [6.07, 6.45) is 4.33. The van der Waals surface area contributed by atoms with E-state index >= 15 is 0 Å². The van der Waals surface area contributed by atoms with Gasteiger partial charge in [-0.05, 0) is 6.42 Å². The molecule has 0 heterocycles. The van der Waals surface area contributed by atoms with Crippen LogP contribution in [0, 0.1) is 5.41 Å². The summed E-state index contributed by atoms with van der Waals surface area (Å²) >= 11 is 11.6. The second kappa shape index (κ2) is 4.67. The third-order valence-electron chi connectivity index (χ3n) is 1.97. The van der Waals surface area contributed by atoms with Crippen LogP contribution in [0.1, 0.15) is 6.42 Å². The summed E-state index contributed by atoms with van der Waals surface area (Å²) in [5.41, 5.74) is 1.34. The van der Waals surface area contributed by atoms with E-state index in [1.165, 1.54) is 7.11 Å². The Balaban J connectivity index is 3.01. The first-order valence-corrected chi connectivity index (χ1v) is 4.91. The molecular weight excluding hydrogens is 221 g/mol. The van der Waals surface area contributed by atoms with Crippen LogP contribution in [-0.4, -0.2) is 17.7 Å². The molecule has 0 spiro atoms. The first kappa shape index (κ1) is 11.3. The van der Waals surface area contributed by atoms with Gasteiger partial charge in [-0.15, -0.1) is 11.6 Å². The van der Waals surface area contributed by atoms with Gasteiger partial charge in [0.05, 0.1) is 12.5 Å². The molecule has 0 fully saturated rings. The van der Waals surface area contributed by atoms with Crippen LogP contribution in [0.3, 0.4) is 0 Å². The van der Waals surface area contributed by atoms with Gasteiger partial charge < -0.3 is 4.74 Å². The fraction of sp³-hybridized carbons (Fsp3) is 0.300. The monoisotopic (exact) mass is 231 g/mol. The molecule has 2 nitrogen and oxygen atoms in total. The van der Waals surface area contributed by atoms with Crippen molar-refractivity contribution >= 4 is 28.4 Å². The van der Waals surface area contributed by atoms with Gasteiger partial charge in [-0.25, -0.2) is 0 Å². The smallest absolute Gasteiger partial charge is 0.128 e. The van der Waals surface area contributed by atoms with Crippen molar-refractivity contribution in [2.45, 2.75) is 11.8 Å². The molecule has 1 rings (SSSR count). The predicted octanol–water partition coefficient (Wildman–Crippen LogP) is 3.23. The van der Waals surface area contributed by atoms with Gasteiger partial charge in [-0.1, -0.05) is 30.3 Å². The first-order valence-electron chi connectivity index (χ1n) is 4.10. The van der Waals surface area contributed by atoms with Crippen LogP contribution in [0.2, 0.25) is 0 Å². The van der Waals surface area contributed by atoms with E-state index in [-0.39, 0.29) is 10.5 Å². The largest absolute Gasteiger partial charge is 0.497 e. The molecule has 1 N–H and O–H groups in total. The molecule has 0 radical (unpaired) electrons. The highest BCUT2D eigenvalue weighted by atomic mass is 35.5. The number of allylic oxidation sites excluding steroid dienone is 3. The van der Waals surface area contributed by atoms with E-state index in [0.717, 1.165) is 5.57 Å². The SMILES string of the molecule is C=C(OC)C1=CCC(Cl)C=C1C(=N)Cl. The predicted molar refractivity (Wildman–Crippen MR) is 60.2 cm³/mol. The quantitative estimate of drug-likeness (QED) is 0.452. The number of hydrogen-bond acceptors (Lipinski definition) is 2. The number of hydrogen-bond donors (Lipinski definition) is 1. The number of nitrogens with one attached hydrogen (secondary N) is 1. The Morgan fingerprint density at radius 2 is 2.29 bits per heavy atom. The first-order chi connectivity index (χ1) is 6.56. The van der Waals surface area contributed by atoms with Crippen molar-refractivity contribution in [2.75, 3.05) is 7.11 Å². The molecule has 76 valence electrons. The third kappa shape index (κ3) is 2.40. The van der Waals surface area contributed by atoms with Gasteiger partial charge in [-0.3, -0.25) is 5.41 Å². The number of methoxy groups -OCH3 is 1. The summed E-state index contributed by atoms with van der Waals surface area (Å²) in [5, 5.41) is 7.22. The molecule has 0 saturated carbocycles. The molecule has 14 heavy (non-hydrogen) atoms. The maximum absolute atomic E-state index is 7.38. The molecule has 1 unspecified atom stereocenters. The summed E-state index contributed by atoms with van der Waals surface area (Å²) in [4.78, 5) is 0. The maximum atomic E-state index is 7.38. The highest BCUT2D eigenvalue weighted by molar-refractivity contribution is 6.69. The van der Waals surface area contributed by atoms with E-state index in [4.69, 9.17) is 33.3 Å². The lowest BCUT2D eigenvalue weighted by molar-refractivity contribution is 0.304. The Morgan fingerprint density at radius 3 is 2.79 bits per heavy atom. The summed E-state index contributed by atoms with van der Waals surface area (Å²) in [6, 6.07) is 0. The summed E-state index contributed by atoms with van der Waals surface area (Å²) in [6.45, 7) is 3.72. The highest BCUT2D eigenvalue weighted by Gasteiger charge is 2.19. The fourth-order valence-electron chi connectivity index (χ4n) is 1.24. The van der Waals surface area contributed by atoms with Gasteiger partial charge in [0.1, 0.15) is 10.9 Å². The van der Waals surface area contributed by atoms with E-state index in [1.54, 1.807) is 6.08 Å². The molecule has 0 saturated heterocycles. The normalized spacial score (nSPS) is 20.9. The number of halogens is 2. The standard InChI is InChI=1S/C10H11Cl2NO/c1-6(14-2)8-4-3-7(11)5-9(8)10(12)13/h4-5,7,13H,1,3H2,2H3. The maximum Gasteiger partial charge on any atom is 0.128 e. The van der Waals surface area contributed by atoms with Gasteiger partial charge >= 0.3 is 0 Å². The highest BCUT2D eigenvalue weighted by Crippen LogP contribution is 2.28. The van der Waals surface area contributed by atoms with E-state index in [1.807, 2.05) is 6.08 Å². The number of ether oxygens (including phenoxy) is 1. The molecular formula is C10H11Cl2NO. The molecule has 4 heteroatoms. The van der Waals surface area contributed by atoms with Crippen molar-refractivity contribution in [3.8, 4) is 0 Å². The van der Waals surface area contributed by atoms with Crippen LogP contribution >= 0.6 is 23.2 Å². The average Bonchev–Trinajstić information content (AvgIpc) is 2.16. The molecule has 1 atom stereocenters. The van der Waals surface area contributed by atoms with E-state index in [2.05, 4.69) is 6.58 Å². The molecule has 1 aliphatic rings. The molecule has 1 aliphatic carbocycles. The molecule has 0 aromatic heterocycles.